The van der Waals surface area contributed by atoms with Gasteiger partial charge in [0.25, 0.3) is 0 Å². The lowest BCUT2D eigenvalue weighted by atomic mass is 9.55. The number of amides is 1. The van der Waals surface area contributed by atoms with Gasteiger partial charge in [0, 0.05) is 37.7 Å². The van der Waals surface area contributed by atoms with E-state index in [0.29, 0.717) is 12.0 Å². The van der Waals surface area contributed by atoms with E-state index >= 15 is 0 Å². The molecule has 3 fully saturated rings. The first-order chi connectivity index (χ1) is 18.1. The van der Waals surface area contributed by atoms with E-state index in [1.54, 1.807) is 19.2 Å². The number of nitrogens with one attached hydrogen (secondary N) is 1. The lowest BCUT2D eigenvalue weighted by Gasteiger charge is -2.60. The van der Waals surface area contributed by atoms with E-state index in [1.807, 2.05) is 18.2 Å². The van der Waals surface area contributed by atoms with Crippen molar-refractivity contribution in [1.29, 1.82) is 0 Å². The van der Waals surface area contributed by atoms with Crippen molar-refractivity contribution < 1.29 is 27.8 Å². The molecule has 1 aliphatic heterocycles. The highest BCUT2D eigenvalue weighted by Crippen LogP contribution is 2.54. The molecule has 0 radical (unpaired) electrons. The number of hydrogen-bond acceptors (Lipinski definition) is 4. The summed E-state index contributed by atoms with van der Waals surface area (Å²) in [4.78, 5) is 15.4. The van der Waals surface area contributed by atoms with E-state index in [0.717, 1.165) is 62.5 Å². The van der Waals surface area contributed by atoms with Gasteiger partial charge in [0.15, 0.2) is 0 Å². The number of piperidine rings is 1. The zero-order valence-corrected chi connectivity index (χ0v) is 21.6. The molecule has 204 valence electrons. The molecule has 2 saturated carbocycles. The van der Waals surface area contributed by atoms with Crippen LogP contribution in [0, 0.1) is 5.92 Å². The second-order valence-corrected chi connectivity index (χ2v) is 11.2. The third-order valence-electron chi connectivity index (χ3n) is 8.69. The number of alkyl halides is 3. The van der Waals surface area contributed by atoms with Crippen LogP contribution in [0.3, 0.4) is 0 Å². The Hall–Kier alpha value is -2.84. The van der Waals surface area contributed by atoms with Crippen LogP contribution in [0.25, 0.3) is 6.08 Å². The van der Waals surface area contributed by atoms with Gasteiger partial charge in [-0.15, -0.1) is 0 Å². The number of methoxy groups -OCH3 is 1. The van der Waals surface area contributed by atoms with Crippen molar-refractivity contribution in [3.63, 3.8) is 0 Å². The summed E-state index contributed by atoms with van der Waals surface area (Å²) >= 11 is 0. The number of rotatable bonds is 7. The highest BCUT2D eigenvalue weighted by atomic mass is 19.4. The summed E-state index contributed by atoms with van der Waals surface area (Å²) in [7, 11) is 1.77. The highest BCUT2D eigenvalue weighted by molar-refractivity contribution is 5.92. The third kappa shape index (κ3) is 5.47. The van der Waals surface area contributed by atoms with Crippen LogP contribution in [0.2, 0.25) is 0 Å². The Kier molecular flexibility index (Phi) is 7.31. The summed E-state index contributed by atoms with van der Waals surface area (Å²) < 4.78 is 45.5. The average Bonchev–Trinajstić information content (AvgIpc) is 3.71. The number of nitrogens with zero attached hydrogens (tertiary/aromatic N) is 1. The van der Waals surface area contributed by atoms with E-state index < -0.39 is 17.3 Å². The number of likely N-dealkylation sites (tertiary alicyclic amines) is 1. The predicted molar refractivity (Wildman–Crippen MR) is 140 cm³/mol. The Balaban J connectivity index is 1.35. The van der Waals surface area contributed by atoms with Crippen molar-refractivity contribution in [3.8, 4) is 5.75 Å². The summed E-state index contributed by atoms with van der Waals surface area (Å²) in [6, 6.07) is 12.2. The molecule has 2 N–H and O–H groups in total. The zero-order valence-electron chi connectivity index (χ0n) is 21.6. The van der Waals surface area contributed by atoms with Crippen molar-refractivity contribution in [2.45, 2.75) is 61.8 Å². The van der Waals surface area contributed by atoms with Crippen molar-refractivity contribution >= 4 is 12.0 Å². The molecule has 8 heteroatoms. The minimum atomic E-state index is -4.43. The van der Waals surface area contributed by atoms with Gasteiger partial charge in [-0.25, -0.2) is 0 Å². The van der Waals surface area contributed by atoms with E-state index in [1.165, 1.54) is 31.1 Å². The Morgan fingerprint density at radius 2 is 1.95 bits per heavy atom. The fourth-order valence-corrected chi connectivity index (χ4v) is 6.58. The number of hydrogen-bond donors (Lipinski definition) is 2. The van der Waals surface area contributed by atoms with E-state index in [4.69, 9.17) is 4.74 Å². The maximum atomic E-state index is 13.0. The number of benzene rings is 2. The maximum Gasteiger partial charge on any atom is 0.416 e. The molecule has 2 aromatic carbocycles. The molecular formula is C30H35F3N2O3. The maximum absolute atomic E-state index is 13.0. The number of ether oxygens (including phenoxy) is 1. The van der Waals surface area contributed by atoms with Crippen molar-refractivity contribution in [2.24, 2.45) is 5.92 Å². The minimum absolute atomic E-state index is 0.130. The summed E-state index contributed by atoms with van der Waals surface area (Å²) in [6.07, 6.45) is 3.84. The fourth-order valence-electron chi connectivity index (χ4n) is 6.58. The Morgan fingerprint density at radius 3 is 2.66 bits per heavy atom. The number of carbonyl (C=O) groups excluding carboxylic acids is 1. The lowest BCUT2D eigenvalue weighted by Crippen LogP contribution is -2.68. The van der Waals surface area contributed by atoms with Gasteiger partial charge in [0.05, 0.1) is 11.2 Å². The van der Waals surface area contributed by atoms with Gasteiger partial charge in [-0.2, -0.15) is 13.2 Å². The molecule has 5 rings (SSSR count). The monoisotopic (exact) mass is 528 g/mol. The molecule has 0 spiro atoms. The number of carbonyl (C=O) groups is 1. The zero-order chi connectivity index (χ0) is 27.0. The van der Waals surface area contributed by atoms with Crippen LogP contribution in [0.15, 0.2) is 54.6 Å². The molecule has 2 aromatic rings. The molecule has 1 heterocycles. The largest absolute Gasteiger partial charge is 0.508 e. The summed E-state index contributed by atoms with van der Waals surface area (Å²) in [5.74, 6) is 0.642. The summed E-state index contributed by atoms with van der Waals surface area (Å²) in [5, 5.41) is 13.4. The van der Waals surface area contributed by atoms with Crippen LogP contribution >= 0.6 is 0 Å². The second-order valence-electron chi connectivity index (χ2n) is 11.2. The van der Waals surface area contributed by atoms with Gasteiger partial charge in [-0.05, 0) is 92.5 Å². The van der Waals surface area contributed by atoms with Crippen molar-refractivity contribution in [1.82, 2.24) is 10.2 Å². The normalized spacial score (nSPS) is 28.3. The molecule has 5 nitrogen and oxygen atoms in total. The minimum Gasteiger partial charge on any atom is -0.508 e. The molecule has 0 aromatic heterocycles. The van der Waals surface area contributed by atoms with Crippen molar-refractivity contribution in [2.75, 3.05) is 26.7 Å². The van der Waals surface area contributed by atoms with E-state index in [9.17, 15) is 23.1 Å². The Bertz CT molecular complexity index is 1200. The molecule has 0 bridgehead atoms. The number of halogens is 3. The molecule has 38 heavy (non-hydrogen) atoms. The van der Waals surface area contributed by atoms with E-state index in [-0.39, 0.29) is 23.1 Å². The molecule has 3 aliphatic rings. The molecule has 3 unspecified atom stereocenters. The molecule has 3 atom stereocenters. The van der Waals surface area contributed by atoms with Crippen LogP contribution in [-0.4, -0.2) is 54.3 Å². The highest BCUT2D eigenvalue weighted by Gasteiger charge is 2.59. The molecular weight excluding hydrogens is 493 g/mol. The topological polar surface area (TPSA) is 61.8 Å². The van der Waals surface area contributed by atoms with E-state index in [2.05, 4.69) is 10.2 Å². The van der Waals surface area contributed by atoms with Gasteiger partial charge in [0.1, 0.15) is 5.75 Å². The van der Waals surface area contributed by atoms with Crippen LogP contribution < -0.4 is 5.32 Å². The van der Waals surface area contributed by atoms with Gasteiger partial charge < -0.3 is 20.1 Å². The SMILES string of the molecule is COC12CCC(NC(=O)C=Cc3cccc(C(F)(F)F)c3)CC1(c1cccc(O)c1)CCN(CC1CC1)C2. The predicted octanol–water partition coefficient (Wildman–Crippen LogP) is 5.53. The lowest BCUT2D eigenvalue weighted by molar-refractivity contribution is -0.150. The van der Waals surface area contributed by atoms with Gasteiger partial charge >= 0.3 is 6.18 Å². The first kappa shape index (κ1) is 26.8. The second kappa shape index (κ2) is 10.4. The molecule has 1 amide bonds. The average molecular weight is 529 g/mol. The molecule has 2 aliphatic carbocycles. The molecule has 1 saturated heterocycles. The fraction of sp³-hybridized carbons (Fsp3) is 0.500. The van der Waals surface area contributed by atoms with Crippen LogP contribution in [-0.2, 0) is 21.1 Å². The van der Waals surface area contributed by atoms with Gasteiger partial charge in [-0.1, -0.05) is 24.3 Å². The van der Waals surface area contributed by atoms with Crippen LogP contribution in [0.1, 0.15) is 55.2 Å². The summed E-state index contributed by atoms with van der Waals surface area (Å²) in [5.41, 5.74) is -0.241. The third-order valence-corrected chi connectivity index (χ3v) is 8.69. The number of phenols is 1. The van der Waals surface area contributed by atoms with Gasteiger partial charge in [-0.3, -0.25) is 4.79 Å². The Morgan fingerprint density at radius 1 is 1.16 bits per heavy atom. The number of aromatic hydroxyl groups is 1. The standard InChI is InChI=1S/C30H35F3N2O3/c1-38-29-13-12-25(34-27(37)11-10-21-4-2-6-24(16-21)30(31,32)33)18-28(29,23-5-3-7-26(36)17-23)14-15-35(20-29)19-22-8-9-22/h2-7,10-11,16-17,22,25,36H,8-9,12-15,18-20H2,1H3,(H,34,37). The first-order valence-electron chi connectivity index (χ1n) is 13.4. The van der Waals surface area contributed by atoms with Crippen LogP contribution in [0.5, 0.6) is 5.75 Å². The van der Waals surface area contributed by atoms with Gasteiger partial charge in [0.2, 0.25) is 5.91 Å². The number of phenolic OH excluding ortho intramolecular Hbond substituents is 1. The van der Waals surface area contributed by atoms with Crippen LogP contribution in [0.4, 0.5) is 13.2 Å². The Labute approximate surface area is 221 Å². The summed E-state index contributed by atoms with van der Waals surface area (Å²) in [6.45, 7) is 2.82. The quantitative estimate of drug-likeness (QED) is 0.464. The smallest absolute Gasteiger partial charge is 0.416 e. The number of fused-ring (bicyclic) bond motifs is 1. The first-order valence-corrected chi connectivity index (χ1v) is 13.4. The van der Waals surface area contributed by atoms with Crippen molar-refractivity contribution in [3.05, 3.63) is 71.3 Å².